The Morgan fingerprint density at radius 2 is 2.17 bits per heavy atom. The Balaban J connectivity index is 1.54. The minimum atomic E-state index is -0.0992. The summed E-state index contributed by atoms with van der Waals surface area (Å²) in [6.07, 6.45) is 8.74. The van der Waals surface area contributed by atoms with E-state index in [9.17, 15) is 4.79 Å². The zero-order chi connectivity index (χ0) is 15.9. The summed E-state index contributed by atoms with van der Waals surface area (Å²) in [5, 5.41) is 4.85. The van der Waals surface area contributed by atoms with E-state index in [1.165, 1.54) is 0 Å². The maximum Gasteiger partial charge on any atom is 0.244 e. The largest absolute Gasteiger partial charge is 0.351 e. The summed E-state index contributed by atoms with van der Waals surface area (Å²) in [7, 11) is 0. The van der Waals surface area contributed by atoms with Gasteiger partial charge in [-0.05, 0) is 29.7 Å². The molecule has 0 saturated heterocycles. The third-order valence-electron chi connectivity index (χ3n) is 3.20. The number of rotatable bonds is 6. The van der Waals surface area contributed by atoms with Crippen LogP contribution < -0.4 is 5.32 Å². The summed E-state index contributed by atoms with van der Waals surface area (Å²) in [6, 6.07) is 9.65. The minimum Gasteiger partial charge on any atom is -0.351 e. The van der Waals surface area contributed by atoms with Gasteiger partial charge in [-0.3, -0.25) is 9.78 Å². The van der Waals surface area contributed by atoms with Crippen LogP contribution in [-0.4, -0.2) is 27.0 Å². The van der Waals surface area contributed by atoms with Gasteiger partial charge in [-0.1, -0.05) is 12.1 Å². The van der Waals surface area contributed by atoms with Crippen molar-refractivity contribution in [3.8, 4) is 11.5 Å². The van der Waals surface area contributed by atoms with Crippen LogP contribution in [0, 0.1) is 0 Å². The summed E-state index contributed by atoms with van der Waals surface area (Å²) in [5.41, 5.74) is 0.821. The molecule has 0 radical (unpaired) electrons. The SMILES string of the molecule is O=C(/C=C/c1cccs1)NCCn1ccnc1-c1ccccn1. The van der Waals surface area contributed by atoms with Crippen molar-refractivity contribution in [2.45, 2.75) is 6.54 Å². The predicted octanol–water partition coefficient (Wildman–Crippen LogP) is 2.84. The third-order valence-corrected chi connectivity index (χ3v) is 4.04. The molecule has 5 nitrogen and oxygen atoms in total. The topological polar surface area (TPSA) is 59.8 Å². The molecule has 116 valence electrons. The lowest BCUT2D eigenvalue weighted by atomic mass is 10.3. The van der Waals surface area contributed by atoms with E-state index in [2.05, 4.69) is 15.3 Å². The number of imidazole rings is 1. The van der Waals surface area contributed by atoms with E-state index in [1.54, 1.807) is 29.8 Å². The number of amides is 1. The Kier molecular flexibility index (Phi) is 4.95. The molecule has 3 rings (SSSR count). The average Bonchev–Trinajstić information content (AvgIpc) is 3.25. The van der Waals surface area contributed by atoms with Gasteiger partial charge >= 0.3 is 0 Å². The first-order valence-corrected chi connectivity index (χ1v) is 8.13. The Hall–Kier alpha value is -2.73. The van der Waals surface area contributed by atoms with E-state index >= 15 is 0 Å². The van der Waals surface area contributed by atoms with Crippen LogP contribution in [0.15, 0.2) is 60.4 Å². The first-order chi connectivity index (χ1) is 11.3. The fourth-order valence-electron chi connectivity index (χ4n) is 2.12. The van der Waals surface area contributed by atoms with Crippen molar-refractivity contribution in [3.63, 3.8) is 0 Å². The quantitative estimate of drug-likeness (QED) is 0.709. The molecule has 6 heteroatoms. The minimum absolute atomic E-state index is 0.0992. The van der Waals surface area contributed by atoms with E-state index in [0.29, 0.717) is 13.1 Å². The first kappa shape index (κ1) is 15.2. The third kappa shape index (κ3) is 4.14. The molecule has 0 unspecified atom stereocenters. The molecule has 0 fully saturated rings. The van der Waals surface area contributed by atoms with Crippen molar-refractivity contribution in [2.75, 3.05) is 6.54 Å². The number of nitrogens with one attached hydrogen (secondary N) is 1. The highest BCUT2D eigenvalue weighted by molar-refractivity contribution is 7.10. The summed E-state index contributed by atoms with van der Waals surface area (Å²) in [5.74, 6) is 0.701. The van der Waals surface area contributed by atoms with E-state index in [-0.39, 0.29) is 5.91 Å². The standard InChI is InChI=1S/C17H16N4OS/c22-16(7-6-14-4-3-13-23-14)19-9-11-21-12-10-20-17(21)15-5-1-2-8-18-15/h1-8,10,12-13H,9,11H2,(H,19,22)/b7-6+. The fraction of sp³-hybridized carbons (Fsp3) is 0.118. The average molecular weight is 324 g/mol. The maximum absolute atomic E-state index is 11.8. The molecule has 0 aromatic carbocycles. The second-order valence-corrected chi connectivity index (χ2v) is 5.78. The Bertz CT molecular complexity index is 778. The molecule has 23 heavy (non-hydrogen) atoms. The van der Waals surface area contributed by atoms with E-state index < -0.39 is 0 Å². The summed E-state index contributed by atoms with van der Waals surface area (Å²) < 4.78 is 1.98. The monoisotopic (exact) mass is 324 g/mol. The van der Waals surface area contributed by atoms with Crippen LogP contribution in [-0.2, 0) is 11.3 Å². The van der Waals surface area contributed by atoms with Crippen LogP contribution in [0.1, 0.15) is 4.88 Å². The van der Waals surface area contributed by atoms with Gasteiger partial charge in [-0.15, -0.1) is 11.3 Å². The molecular weight excluding hydrogens is 308 g/mol. The summed E-state index contributed by atoms with van der Waals surface area (Å²) >= 11 is 1.60. The van der Waals surface area contributed by atoms with Gasteiger partial charge in [0, 0.05) is 42.6 Å². The highest BCUT2D eigenvalue weighted by Gasteiger charge is 2.06. The summed E-state index contributed by atoms with van der Waals surface area (Å²) in [6.45, 7) is 1.17. The Labute approximate surface area is 138 Å². The van der Waals surface area contributed by atoms with Gasteiger partial charge in [0.2, 0.25) is 5.91 Å². The number of carbonyl (C=O) groups is 1. The number of hydrogen-bond donors (Lipinski definition) is 1. The van der Waals surface area contributed by atoms with Gasteiger partial charge in [-0.25, -0.2) is 4.98 Å². The number of pyridine rings is 1. The molecule has 0 atom stereocenters. The number of aromatic nitrogens is 3. The molecule has 3 aromatic rings. The van der Waals surface area contributed by atoms with Crippen LogP contribution in [0.3, 0.4) is 0 Å². The normalized spacial score (nSPS) is 11.0. The fourth-order valence-corrected chi connectivity index (χ4v) is 2.74. The number of hydrogen-bond acceptors (Lipinski definition) is 4. The van der Waals surface area contributed by atoms with Gasteiger partial charge in [0.1, 0.15) is 5.69 Å². The van der Waals surface area contributed by atoms with Gasteiger partial charge in [0.15, 0.2) is 5.82 Å². The zero-order valence-electron chi connectivity index (χ0n) is 12.4. The summed E-state index contributed by atoms with van der Waals surface area (Å²) in [4.78, 5) is 21.5. The van der Waals surface area contributed by atoms with Crippen molar-refractivity contribution in [1.29, 1.82) is 0 Å². The van der Waals surface area contributed by atoms with Crippen LogP contribution in [0.4, 0.5) is 0 Å². The van der Waals surface area contributed by atoms with E-state index in [1.807, 2.05) is 52.6 Å². The molecule has 3 aromatic heterocycles. The smallest absolute Gasteiger partial charge is 0.244 e. The lowest BCUT2D eigenvalue weighted by Gasteiger charge is -2.07. The molecule has 1 N–H and O–H groups in total. The highest BCUT2D eigenvalue weighted by Crippen LogP contribution is 2.13. The van der Waals surface area contributed by atoms with Gasteiger partial charge in [0.25, 0.3) is 0 Å². The van der Waals surface area contributed by atoms with E-state index in [4.69, 9.17) is 0 Å². The van der Waals surface area contributed by atoms with Crippen LogP contribution in [0.2, 0.25) is 0 Å². The van der Waals surface area contributed by atoms with E-state index in [0.717, 1.165) is 16.4 Å². The lowest BCUT2D eigenvalue weighted by molar-refractivity contribution is -0.116. The van der Waals surface area contributed by atoms with Crippen molar-refractivity contribution in [2.24, 2.45) is 0 Å². The zero-order valence-corrected chi connectivity index (χ0v) is 13.2. The predicted molar refractivity (Wildman–Crippen MR) is 91.8 cm³/mol. The van der Waals surface area contributed by atoms with Crippen LogP contribution in [0.5, 0.6) is 0 Å². The molecule has 1 amide bonds. The molecular formula is C17H16N4OS. The second kappa shape index (κ2) is 7.51. The molecule has 0 aliphatic heterocycles. The Morgan fingerprint density at radius 1 is 1.22 bits per heavy atom. The molecule has 0 saturated carbocycles. The van der Waals surface area contributed by atoms with Crippen molar-refractivity contribution >= 4 is 23.3 Å². The number of thiophene rings is 1. The maximum atomic E-state index is 11.8. The van der Waals surface area contributed by atoms with Gasteiger partial charge < -0.3 is 9.88 Å². The first-order valence-electron chi connectivity index (χ1n) is 7.25. The number of nitrogens with zero attached hydrogens (tertiary/aromatic N) is 3. The Morgan fingerprint density at radius 3 is 2.96 bits per heavy atom. The van der Waals surface area contributed by atoms with Gasteiger partial charge in [-0.2, -0.15) is 0 Å². The molecule has 0 spiro atoms. The number of carbonyl (C=O) groups excluding carboxylic acids is 1. The van der Waals surface area contributed by atoms with Crippen LogP contribution >= 0.6 is 11.3 Å². The van der Waals surface area contributed by atoms with Crippen molar-refractivity contribution in [1.82, 2.24) is 19.9 Å². The second-order valence-electron chi connectivity index (χ2n) is 4.80. The molecule has 0 aliphatic rings. The molecule has 0 bridgehead atoms. The van der Waals surface area contributed by atoms with Crippen LogP contribution in [0.25, 0.3) is 17.6 Å². The van der Waals surface area contributed by atoms with Crippen molar-refractivity contribution < 1.29 is 4.79 Å². The van der Waals surface area contributed by atoms with Gasteiger partial charge in [0.05, 0.1) is 0 Å². The lowest BCUT2D eigenvalue weighted by Crippen LogP contribution is -2.25. The van der Waals surface area contributed by atoms with Crippen molar-refractivity contribution in [3.05, 3.63) is 65.3 Å². The highest BCUT2D eigenvalue weighted by atomic mass is 32.1. The molecule has 3 heterocycles. The molecule has 0 aliphatic carbocycles.